The fourth-order valence-corrected chi connectivity index (χ4v) is 4.30. The Balaban J connectivity index is 1.57. The Morgan fingerprint density at radius 1 is 1.09 bits per heavy atom. The Morgan fingerprint density at radius 2 is 1.81 bits per heavy atom. The number of aromatic nitrogens is 4. The maximum Gasteiger partial charge on any atom is 0.236 e. The van der Waals surface area contributed by atoms with E-state index in [1.54, 1.807) is 6.33 Å². The van der Waals surface area contributed by atoms with Crippen molar-refractivity contribution in [3.05, 3.63) is 83.3 Å². The quantitative estimate of drug-likeness (QED) is 0.441. The SMILES string of the molecule is Cc1ccccc1-n1cnnc1SCC(=O)Nc1c(C#N)c(C)c(C)n1-c1ccccc1. The molecule has 32 heavy (non-hydrogen) atoms. The van der Waals surface area contributed by atoms with Crippen LogP contribution in [-0.4, -0.2) is 31.0 Å². The Kier molecular flexibility index (Phi) is 6.10. The molecule has 4 rings (SSSR count). The van der Waals surface area contributed by atoms with Crippen LogP contribution in [-0.2, 0) is 4.79 Å². The molecular weight excluding hydrogens is 420 g/mol. The van der Waals surface area contributed by atoms with E-state index >= 15 is 0 Å². The van der Waals surface area contributed by atoms with Gasteiger partial charge in [0.1, 0.15) is 18.2 Å². The molecule has 0 atom stereocenters. The van der Waals surface area contributed by atoms with Crippen LogP contribution in [0.25, 0.3) is 11.4 Å². The lowest BCUT2D eigenvalue weighted by Crippen LogP contribution is -2.18. The molecule has 8 heteroatoms. The summed E-state index contributed by atoms with van der Waals surface area (Å²) in [5.74, 6) is 0.397. The number of hydrogen-bond acceptors (Lipinski definition) is 5. The van der Waals surface area contributed by atoms with Crippen LogP contribution in [0.5, 0.6) is 0 Å². The number of nitriles is 1. The lowest BCUT2D eigenvalue weighted by atomic mass is 10.2. The number of para-hydroxylation sites is 2. The van der Waals surface area contributed by atoms with Crippen molar-refractivity contribution in [1.29, 1.82) is 5.26 Å². The molecule has 0 saturated carbocycles. The van der Waals surface area contributed by atoms with E-state index in [1.165, 1.54) is 11.8 Å². The number of nitrogens with zero attached hydrogens (tertiary/aromatic N) is 5. The summed E-state index contributed by atoms with van der Waals surface area (Å²) in [6.45, 7) is 5.85. The summed E-state index contributed by atoms with van der Waals surface area (Å²) >= 11 is 1.30. The summed E-state index contributed by atoms with van der Waals surface area (Å²) in [4.78, 5) is 12.9. The second-order valence-corrected chi connectivity index (χ2v) is 8.27. The highest BCUT2D eigenvalue weighted by molar-refractivity contribution is 7.99. The van der Waals surface area contributed by atoms with Crippen LogP contribution in [0.2, 0.25) is 0 Å². The normalized spacial score (nSPS) is 10.7. The lowest BCUT2D eigenvalue weighted by molar-refractivity contribution is -0.113. The van der Waals surface area contributed by atoms with Crippen molar-refractivity contribution >= 4 is 23.5 Å². The Morgan fingerprint density at radius 3 is 2.53 bits per heavy atom. The molecule has 0 saturated heterocycles. The van der Waals surface area contributed by atoms with E-state index in [4.69, 9.17) is 0 Å². The van der Waals surface area contributed by atoms with Crippen molar-refractivity contribution in [2.24, 2.45) is 0 Å². The molecule has 0 bridgehead atoms. The molecule has 0 aliphatic heterocycles. The van der Waals surface area contributed by atoms with E-state index < -0.39 is 0 Å². The minimum atomic E-state index is -0.222. The maximum absolute atomic E-state index is 12.9. The minimum Gasteiger partial charge on any atom is -0.310 e. The third kappa shape index (κ3) is 4.03. The van der Waals surface area contributed by atoms with Crippen LogP contribution in [0.15, 0.2) is 66.1 Å². The van der Waals surface area contributed by atoms with Crippen molar-refractivity contribution in [1.82, 2.24) is 19.3 Å². The van der Waals surface area contributed by atoms with Crippen molar-refractivity contribution in [2.45, 2.75) is 25.9 Å². The monoisotopic (exact) mass is 442 g/mol. The number of hydrogen-bond donors (Lipinski definition) is 1. The van der Waals surface area contributed by atoms with Gasteiger partial charge in [0.25, 0.3) is 0 Å². The molecule has 1 N–H and O–H groups in total. The highest BCUT2D eigenvalue weighted by Gasteiger charge is 2.21. The van der Waals surface area contributed by atoms with Crippen LogP contribution in [0.4, 0.5) is 5.82 Å². The van der Waals surface area contributed by atoms with Gasteiger partial charge in [0.05, 0.1) is 17.0 Å². The van der Waals surface area contributed by atoms with Crippen LogP contribution in [0, 0.1) is 32.1 Å². The molecule has 0 aliphatic rings. The zero-order valence-electron chi connectivity index (χ0n) is 18.0. The van der Waals surface area contributed by atoms with Crippen LogP contribution in [0.3, 0.4) is 0 Å². The molecule has 2 aromatic carbocycles. The maximum atomic E-state index is 12.9. The Bertz CT molecular complexity index is 1320. The molecule has 0 fully saturated rings. The largest absolute Gasteiger partial charge is 0.310 e. The van der Waals surface area contributed by atoms with E-state index in [1.807, 2.05) is 84.5 Å². The van der Waals surface area contributed by atoms with Crippen LogP contribution >= 0.6 is 11.8 Å². The van der Waals surface area contributed by atoms with Crippen molar-refractivity contribution in [3.63, 3.8) is 0 Å². The molecule has 0 unspecified atom stereocenters. The predicted octanol–water partition coefficient (Wildman–Crippen LogP) is 4.59. The summed E-state index contributed by atoms with van der Waals surface area (Å²) in [5.41, 5.74) is 5.17. The molecule has 4 aromatic rings. The van der Waals surface area contributed by atoms with Crippen LogP contribution in [0.1, 0.15) is 22.4 Å². The van der Waals surface area contributed by atoms with E-state index in [9.17, 15) is 10.1 Å². The van der Waals surface area contributed by atoms with Gasteiger partial charge in [-0.1, -0.05) is 48.2 Å². The van der Waals surface area contributed by atoms with E-state index in [2.05, 4.69) is 21.6 Å². The van der Waals surface area contributed by atoms with Gasteiger partial charge in [-0.15, -0.1) is 10.2 Å². The second kappa shape index (κ2) is 9.12. The van der Waals surface area contributed by atoms with Gasteiger partial charge in [0.2, 0.25) is 5.91 Å². The number of anilines is 1. The van der Waals surface area contributed by atoms with Gasteiger partial charge in [-0.25, -0.2) is 0 Å². The smallest absolute Gasteiger partial charge is 0.236 e. The standard InChI is InChI=1S/C24H22N6OS/c1-16-9-7-8-12-21(16)29-15-26-28-24(29)32-14-22(31)27-23-20(13-25)17(2)18(3)30(23)19-10-5-4-6-11-19/h4-12,15H,14H2,1-3H3,(H,27,31). The van der Waals surface area contributed by atoms with Crippen molar-refractivity contribution in [3.8, 4) is 17.4 Å². The van der Waals surface area contributed by atoms with Gasteiger partial charge >= 0.3 is 0 Å². The Hall–Kier alpha value is -3.83. The zero-order valence-corrected chi connectivity index (χ0v) is 18.8. The number of carbonyl (C=O) groups is 1. The van der Waals surface area contributed by atoms with Crippen molar-refractivity contribution < 1.29 is 4.79 Å². The van der Waals surface area contributed by atoms with Gasteiger partial charge in [-0.3, -0.25) is 13.9 Å². The summed E-state index contributed by atoms with van der Waals surface area (Å²) < 4.78 is 3.78. The van der Waals surface area contributed by atoms with Gasteiger partial charge in [0.15, 0.2) is 5.16 Å². The summed E-state index contributed by atoms with van der Waals surface area (Å²) in [6, 6.07) is 19.8. The lowest BCUT2D eigenvalue weighted by Gasteiger charge is -2.13. The average Bonchev–Trinajstić information content (AvgIpc) is 3.36. The predicted molar refractivity (Wildman–Crippen MR) is 125 cm³/mol. The first-order valence-electron chi connectivity index (χ1n) is 10.1. The molecule has 0 radical (unpaired) electrons. The first-order valence-corrected chi connectivity index (χ1v) is 11.1. The topological polar surface area (TPSA) is 88.5 Å². The number of benzene rings is 2. The van der Waals surface area contributed by atoms with Gasteiger partial charge < -0.3 is 5.32 Å². The zero-order chi connectivity index (χ0) is 22.7. The fraction of sp³-hybridized carbons (Fsp3) is 0.167. The van der Waals surface area contributed by atoms with Crippen molar-refractivity contribution in [2.75, 3.05) is 11.1 Å². The van der Waals surface area contributed by atoms with Crippen LogP contribution < -0.4 is 5.32 Å². The van der Waals surface area contributed by atoms with E-state index in [0.717, 1.165) is 28.2 Å². The van der Waals surface area contributed by atoms with E-state index in [0.29, 0.717) is 16.5 Å². The molecule has 1 amide bonds. The number of carbonyl (C=O) groups excluding carboxylic acids is 1. The molecule has 0 aliphatic carbocycles. The minimum absolute atomic E-state index is 0.132. The van der Waals surface area contributed by atoms with E-state index in [-0.39, 0.29) is 11.7 Å². The fourth-order valence-electron chi connectivity index (χ4n) is 3.58. The number of rotatable bonds is 6. The molecular formula is C24H22N6OS. The van der Waals surface area contributed by atoms with Gasteiger partial charge in [-0.2, -0.15) is 5.26 Å². The molecule has 2 heterocycles. The van der Waals surface area contributed by atoms with Gasteiger partial charge in [-0.05, 0) is 50.1 Å². The number of thioether (sulfide) groups is 1. The molecule has 7 nitrogen and oxygen atoms in total. The third-order valence-corrected chi connectivity index (χ3v) is 6.26. The Labute approximate surface area is 190 Å². The third-order valence-electron chi connectivity index (χ3n) is 5.32. The first-order chi connectivity index (χ1) is 15.5. The number of aryl methyl sites for hydroxylation is 1. The molecule has 2 aromatic heterocycles. The highest BCUT2D eigenvalue weighted by Crippen LogP contribution is 2.30. The summed E-state index contributed by atoms with van der Waals surface area (Å²) in [7, 11) is 0. The molecule has 0 spiro atoms. The second-order valence-electron chi connectivity index (χ2n) is 7.32. The summed E-state index contributed by atoms with van der Waals surface area (Å²) in [5, 5.41) is 21.5. The average molecular weight is 443 g/mol. The highest BCUT2D eigenvalue weighted by atomic mass is 32.2. The first kappa shape index (κ1) is 21.4. The number of amides is 1. The molecule has 160 valence electrons. The summed E-state index contributed by atoms with van der Waals surface area (Å²) in [6.07, 6.45) is 1.64. The van der Waals surface area contributed by atoms with Gasteiger partial charge in [0, 0.05) is 11.4 Å². The number of nitrogens with one attached hydrogen (secondary N) is 1.